The normalized spacial score (nSPS) is 25.9. The zero-order valence-electron chi connectivity index (χ0n) is 24.7. The molecule has 234 valence electrons. The predicted octanol–water partition coefficient (Wildman–Crippen LogP) is 4.43. The molecular formula is C30H42Br2N2O8. The van der Waals surface area contributed by atoms with Crippen LogP contribution in [0.3, 0.4) is 0 Å². The highest BCUT2D eigenvalue weighted by molar-refractivity contribution is 9.10. The molecule has 2 saturated heterocycles. The van der Waals surface area contributed by atoms with Gasteiger partial charge in [-0.25, -0.2) is 9.59 Å². The van der Waals surface area contributed by atoms with Crippen LogP contribution >= 0.6 is 31.9 Å². The lowest BCUT2D eigenvalue weighted by Gasteiger charge is -2.41. The monoisotopic (exact) mass is 716 g/mol. The van der Waals surface area contributed by atoms with Crippen LogP contribution in [0.15, 0.2) is 57.5 Å². The van der Waals surface area contributed by atoms with Crippen LogP contribution in [0.1, 0.15) is 64.9 Å². The quantitative estimate of drug-likeness (QED) is 0.262. The smallest absolute Gasteiger partial charge is 0.335 e. The fourth-order valence-electron chi connectivity index (χ4n) is 4.76. The third-order valence-corrected chi connectivity index (χ3v) is 7.54. The van der Waals surface area contributed by atoms with Crippen molar-refractivity contribution < 1.29 is 39.5 Å². The lowest BCUT2D eigenvalue weighted by Crippen LogP contribution is -2.55. The van der Waals surface area contributed by atoms with E-state index in [1.54, 1.807) is 0 Å². The second-order valence-corrected chi connectivity index (χ2v) is 13.6. The minimum atomic E-state index is -2.27. The number of hydrogen-bond donors (Lipinski definition) is 6. The molecule has 2 aliphatic heterocycles. The molecule has 2 heterocycles. The third kappa shape index (κ3) is 11.3. The summed E-state index contributed by atoms with van der Waals surface area (Å²) in [6.07, 6.45) is -4.24. The van der Waals surface area contributed by atoms with Gasteiger partial charge in [-0.3, -0.25) is 0 Å². The summed E-state index contributed by atoms with van der Waals surface area (Å²) < 4.78 is 14.1. The highest BCUT2D eigenvalue weighted by atomic mass is 79.9. The molecule has 0 amide bonds. The zero-order valence-corrected chi connectivity index (χ0v) is 27.8. The van der Waals surface area contributed by atoms with Gasteiger partial charge in [0, 0.05) is 32.1 Å². The first-order valence-corrected chi connectivity index (χ1v) is 15.1. The lowest BCUT2D eigenvalue weighted by molar-refractivity contribution is -0.165. The van der Waals surface area contributed by atoms with Gasteiger partial charge in [0.05, 0.1) is 25.4 Å². The van der Waals surface area contributed by atoms with Crippen LogP contribution in [-0.2, 0) is 19.1 Å². The second kappa shape index (κ2) is 15.7. The molecule has 0 saturated carbocycles. The SMILES string of the molecule is C[C@@H]1NC(C)(C)CO[C@H]1c1cccc(Br)c1.C[C@@H]1NC(C)(C)CO[C@H]1c1cccc(Br)c1.O=C(O)[C@@H](O)[C@H](O)C(=O)O. The Morgan fingerprint density at radius 2 is 1.10 bits per heavy atom. The first-order chi connectivity index (χ1) is 19.4. The molecule has 2 aromatic carbocycles. The van der Waals surface area contributed by atoms with Crippen LogP contribution < -0.4 is 10.6 Å². The molecule has 2 fully saturated rings. The van der Waals surface area contributed by atoms with Crippen molar-refractivity contribution in [2.75, 3.05) is 13.2 Å². The zero-order chi connectivity index (χ0) is 31.8. The average Bonchev–Trinajstić information content (AvgIpc) is 2.87. The molecule has 0 aliphatic carbocycles. The minimum absolute atomic E-state index is 0.0714. The fourth-order valence-corrected chi connectivity index (χ4v) is 5.59. The summed E-state index contributed by atoms with van der Waals surface area (Å²) in [7, 11) is 0. The molecule has 0 spiro atoms. The van der Waals surface area contributed by atoms with E-state index in [9.17, 15) is 9.59 Å². The standard InChI is InChI=1S/2C13H18BrNO.C4H6O6/c2*1-9-12(16-8-13(2,3)15-9)10-5-4-6-11(14)7-10;5-1(3(7)8)2(6)4(9)10/h2*4-7,9,12,15H,8H2,1-3H3;1-2,5-6H,(H,7,8)(H,9,10)/t2*9-,12+;1-,2-/m000/s1. The van der Waals surface area contributed by atoms with E-state index in [2.05, 4.69) is 120 Å². The number of aliphatic hydroxyl groups is 2. The number of ether oxygens (including phenoxy) is 2. The molecule has 0 radical (unpaired) electrons. The molecule has 0 aromatic heterocycles. The maximum atomic E-state index is 9.77. The van der Waals surface area contributed by atoms with E-state index in [1.807, 2.05) is 12.1 Å². The summed E-state index contributed by atoms with van der Waals surface area (Å²) >= 11 is 6.99. The van der Waals surface area contributed by atoms with Gasteiger partial charge in [0.2, 0.25) is 0 Å². The maximum Gasteiger partial charge on any atom is 0.335 e. The number of nitrogens with one attached hydrogen (secondary N) is 2. The summed E-state index contributed by atoms with van der Waals surface area (Å²) in [5, 5.41) is 39.7. The van der Waals surface area contributed by atoms with Crippen molar-refractivity contribution in [3.05, 3.63) is 68.6 Å². The molecule has 6 N–H and O–H groups in total. The van der Waals surface area contributed by atoms with E-state index in [4.69, 9.17) is 29.9 Å². The molecule has 10 nitrogen and oxygen atoms in total. The minimum Gasteiger partial charge on any atom is -0.479 e. The molecule has 4 rings (SSSR count). The molecule has 0 bridgehead atoms. The summed E-state index contributed by atoms with van der Waals surface area (Å²) in [4.78, 5) is 19.5. The van der Waals surface area contributed by atoms with Gasteiger partial charge in [0.25, 0.3) is 0 Å². The number of halogens is 2. The maximum absolute atomic E-state index is 9.77. The van der Waals surface area contributed by atoms with Gasteiger partial charge in [0.1, 0.15) is 0 Å². The second-order valence-electron chi connectivity index (χ2n) is 11.8. The van der Waals surface area contributed by atoms with Gasteiger partial charge in [-0.1, -0.05) is 56.1 Å². The van der Waals surface area contributed by atoms with Gasteiger partial charge in [-0.15, -0.1) is 0 Å². The Morgan fingerprint density at radius 1 is 0.762 bits per heavy atom. The van der Waals surface area contributed by atoms with Gasteiger partial charge in [-0.05, 0) is 76.9 Å². The summed E-state index contributed by atoms with van der Waals surface area (Å²) in [6.45, 7) is 14.5. The Morgan fingerprint density at radius 3 is 1.36 bits per heavy atom. The third-order valence-electron chi connectivity index (χ3n) is 6.55. The Bertz CT molecular complexity index is 1100. The Kier molecular flexibility index (Phi) is 13.6. The molecule has 6 atom stereocenters. The van der Waals surface area contributed by atoms with Crippen LogP contribution in [0.5, 0.6) is 0 Å². The first kappa shape index (κ1) is 36.3. The van der Waals surface area contributed by atoms with E-state index < -0.39 is 24.1 Å². The number of carboxylic acid groups (broad SMARTS) is 2. The lowest BCUT2D eigenvalue weighted by atomic mass is 9.96. The molecule has 2 aliphatic rings. The van der Waals surface area contributed by atoms with E-state index >= 15 is 0 Å². The molecule has 12 heteroatoms. The first-order valence-electron chi connectivity index (χ1n) is 13.5. The number of morpholine rings is 2. The largest absolute Gasteiger partial charge is 0.479 e. The molecule has 42 heavy (non-hydrogen) atoms. The van der Waals surface area contributed by atoms with Crippen molar-refractivity contribution in [3.8, 4) is 0 Å². The number of rotatable bonds is 5. The van der Waals surface area contributed by atoms with Crippen LogP contribution in [-0.4, -0.2) is 80.9 Å². The Labute approximate surface area is 264 Å². The molecule has 0 unspecified atom stereocenters. The van der Waals surface area contributed by atoms with Crippen molar-refractivity contribution in [1.29, 1.82) is 0 Å². The Hall–Kier alpha value is -1.90. The summed E-state index contributed by atoms with van der Waals surface area (Å²) in [6, 6.07) is 17.3. The van der Waals surface area contributed by atoms with Crippen LogP contribution in [0.2, 0.25) is 0 Å². The summed E-state index contributed by atoms with van der Waals surface area (Å²) in [5.74, 6) is -3.54. The number of carbonyl (C=O) groups is 2. The number of hydrogen-bond acceptors (Lipinski definition) is 8. The predicted molar refractivity (Wildman–Crippen MR) is 166 cm³/mol. The number of aliphatic carboxylic acids is 2. The van der Waals surface area contributed by atoms with E-state index in [-0.39, 0.29) is 23.3 Å². The van der Waals surface area contributed by atoms with Crippen LogP contribution in [0.4, 0.5) is 0 Å². The number of aliphatic hydroxyl groups excluding tert-OH is 2. The van der Waals surface area contributed by atoms with Gasteiger partial charge >= 0.3 is 11.9 Å². The van der Waals surface area contributed by atoms with Gasteiger partial charge < -0.3 is 40.5 Å². The van der Waals surface area contributed by atoms with Crippen molar-refractivity contribution in [1.82, 2.24) is 10.6 Å². The number of carboxylic acids is 2. The summed E-state index contributed by atoms with van der Waals surface area (Å²) in [5.41, 5.74) is 2.60. The fraction of sp³-hybridized carbons (Fsp3) is 0.533. The molecule has 2 aromatic rings. The topological polar surface area (TPSA) is 158 Å². The van der Waals surface area contributed by atoms with E-state index in [0.717, 1.165) is 22.2 Å². The average molecular weight is 718 g/mol. The van der Waals surface area contributed by atoms with Crippen LogP contribution in [0.25, 0.3) is 0 Å². The van der Waals surface area contributed by atoms with Crippen molar-refractivity contribution in [3.63, 3.8) is 0 Å². The van der Waals surface area contributed by atoms with Crippen LogP contribution in [0, 0.1) is 0 Å². The van der Waals surface area contributed by atoms with Crippen molar-refractivity contribution >= 4 is 43.8 Å². The van der Waals surface area contributed by atoms with Crippen molar-refractivity contribution in [2.45, 2.75) is 89.1 Å². The highest BCUT2D eigenvalue weighted by Crippen LogP contribution is 2.31. The Balaban J connectivity index is 0.000000228. The highest BCUT2D eigenvalue weighted by Gasteiger charge is 2.34. The van der Waals surface area contributed by atoms with E-state index in [1.165, 1.54) is 11.1 Å². The van der Waals surface area contributed by atoms with Gasteiger partial charge in [-0.2, -0.15) is 0 Å². The van der Waals surface area contributed by atoms with Crippen molar-refractivity contribution in [2.24, 2.45) is 0 Å². The van der Waals surface area contributed by atoms with E-state index in [0.29, 0.717) is 12.1 Å². The van der Waals surface area contributed by atoms with Gasteiger partial charge in [0.15, 0.2) is 12.2 Å². The number of benzene rings is 2. The molecular weight excluding hydrogens is 676 g/mol.